The SMILES string of the molecule is CCOC(=O)COC(=O)[C@H](C)NC(=O)C(CSSC[C@@H](N)CCSC)Cc1ccsc1. The van der Waals surface area contributed by atoms with Crippen LogP contribution in [0.25, 0.3) is 0 Å². The van der Waals surface area contributed by atoms with Gasteiger partial charge < -0.3 is 20.5 Å². The third-order valence-electron chi connectivity index (χ3n) is 4.11. The van der Waals surface area contributed by atoms with Crippen molar-refractivity contribution in [3.05, 3.63) is 22.4 Å². The molecule has 1 rings (SSSR count). The minimum absolute atomic E-state index is 0.142. The Hall–Kier alpha value is -0.880. The van der Waals surface area contributed by atoms with Crippen LogP contribution in [0.1, 0.15) is 25.8 Å². The van der Waals surface area contributed by atoms with Crippen LogP contribution in [0.2, 0.25) is 0 Å². The maximum atomic E-state index is 12.8. The summed E-state index contributed by atoms with van der Waals surface area (Å²) in [5.74, 6) is 0.674. The molecule has 1 aromatic rings. The Labute approximate surface area is 200 Å². The highest BCUT2D eigenvalue weighted by atomic mass is 33.1. The molecule has 1 aromatic heterocycles. The van der Waals surface area contributed by atoms with E-state index in [-0.39, 0.29) is 24.5 Å². The van der Waals surface area contributed by atoms with E-state index in [9.17, 15) is 14.4 Å². The van der Waals surface area contributed by atoms with Gasteiger partial charge in [0.05, 0.1) is 12.5 Å². The zero-order valence-electron chi connectivity index (χ0n) is 18.2. The number of carbonyl (C=O) groups is 3. The molecule has 0 aromatic carbocycles. The van der Waals surface area contributed by atoms with E-state index in [1.165, 1.54) is 0 Å². The van der Waals surface area contributed by atoms with Crippen molar-refractivity contribution >= 4 is 62.5 Å². The number of nitrogens with two attached hydrogens (primary N) is 1. The van der Waals surface area contributed by atoms with Crippen molar-refractivity contribution < 1.29 is 23.9 Å². The second-order valence-electron chi connectivity index (χ2n) is 6.79. The average Bonchev–Trinajstić information content (AvgIpc) is 3.25. The summed E-state index contributed by atoms with van der Waals surface area (Å²) in [5.41, 5.74) is 7.19. The first-order chi connectivity index (χ1) is 14.9. The Balaban J connectivity index is 2.53. The number of hydrogen-bond acceptors (Lipinski definition) is 10. The first-order valence-electron chi connectivity index (χ1n) is 9.99. The van der Waals surface area contributed by atoms with Gasteiger partial charge in [-0.05, 0) is 61.1 Å². The second-order valence-corrected chi connectivity index (χ2v) is 11.1. The number of hydrogen-bond donors (Lipinski definition) is 2. The van der Waals surface area contributed by atoms with E-state index in [2.05, 4.69) is 11.6 Å². The summed E-state index contributed by atoms with van der Waals surface area (Å²) >= 11 is 3.37. The lowest BCUT2D eigenvalue weighted by Crippen LogP contribution is -2.44. The lowest BCUT2D eigenvalue weighted by atomic mass is 10.0. The fourth-order valence-corrected chi connectivity index (χ4v) is 6.17. The second kappa shape index (κ2) is 16.7. The van der Waals surface area contributed by atoms with E-state index in [0.29, 0.717) is 12.2 Å². The molecule has 31 heavy (non-hydrogen) atoms. The maximum absolute atomic E-state index is 12.8. The molecule has 0 saturated heterocycles. The monoisotopic (exact) mass is 508 g/mol. The highest BCUT2D eigenvalue weighted by Gasteiger charge is 2.25. The third-order valence-corrected chi connectivity index (χ3v) is 8.07. The minimum atomic E-state index is -0.857. The van der Waals surface area contributed by atoms with Crippen molar-refractivity contribution in [2.45, 2.75) is 38.8 Å². The molecular weight excluding hydrogens is 476 g/mol. The zero-order valence-corrected chi connectivity index (χ0v) is 21.4. The maximum Gasteiger partial charge on any atom is 0.344 e. The number of thiophene rings is 1. The summed E-state index contributed by atoms with van der Waals surface area (Å²) in [5, 5.41) is 6.71. The molecule has 3 N–H and O–H groups in total. The molecule has 0 aliphatic heterocycles. The van der Waals surface area contributed by atoms with Crippen LogP contribution >= 0.6 is 44.7 Å². The van der Waals surface area contributed by atoms with Gasteiger partial charge in [-0.2, -0.15) is 23.1 Å². The average molecular weight is 509 g/mol. The van der Waals surface area contributed by atoms with Crippen molar-refractivity contribution in [2.75, 3.05) is 36.7 Å². The molecule has 1 unspecified atom stereocenters. The van der Waals surface area contributed by atoms with Crippen LogP contribution < -0.4 is 11.1 Å². The predicted octanol–water partition coefficient (Wildman–Crippen LogP) is 2.98. The summed E-state index contributed by atoms with van der Waals surface area (Å²) in [6.45, 7) is 2.96. The molecule has 0 radical (unpaired) electrons. The van der Waals surface area contributed by atoms with Gasteiger partial charge in [-0.25, -0.2) is 9.59 Å². The molecule has 0 aliphatic carbocycles. The standard InChI is InChI=1S/C20H32N2O5S4/c1-4-26-18(23)10-27-20(25)14(2)22-19(24)16(9-15-5-8-29-11-15)12-30-31-13-17(21)6-7-28-3/h5,8,11,14,16-17H,4,6-7,9-10,12-13,21H2,1-3H3,(H,22,24)/t14-,16?,17-/m0/s1. The molecule has 176 valence electrons. The van der Waals surface area contributed by atoms with E-state index in [0.717, 1.165) is 23.5 Å². The van der Waals surface area contributed by atoms with E-state index < -0.39 is 24.6 Å². The zero-order chi connectivity index (χ0) is 23.1. The topological polar surface area (TPSA) is 108 Å². The molecule has 11 heteroatoms. The smallest absolute Gasteiger partial charge is 0.344 e. The van der Waals surface area contributed by atoms with Crippen molar-refractivity contribution in [3.8, 4) is 0 Å². The lowest BCUT2D eigenvalue weighted by molar-refractivity contribution is -0.159. The van der Waals surface area contributed by atoms with Gasteiger partial charge in [-0.3, -0.25) is 4.79 Å². The van der Waals surface area contributed by atoms with E-state index >= 15 is 0 Å². The van der Waals surface area contributed by atoms with Gasteiger partial charge in [0.2, 0.25) is 5.91 Å². The summed E-state index contributed by atoms with van der Waals surface area (Å²) in [6, 6.07) is 1.28. The molecule has 0 bridgehead atoms. The fourth-order valence-electron chi connectivity index (χ4n) is 2.39. The molecular formula is C20H32N2O5S4. The highest BCUT2D eigenvalue weighted by molar-refractivity contribution is 8.76. The van der Waals surface area contributed by atoms with Crippen LogP contribution in [0, 0.1) is 5.92 Å². The minimum Gasteiger partial charge on any atom is -0.463 e. The summed E-state index contributed by atoms with van der Waals surface area (Å²) in [6.07, 6.45) is 3.63. The third kappa shape index (κ3) is 12.7. The quantitative estimate of drug-likeness (QED) is 0.198. The Bertz CT molecular complexity index is 660. The Morgan fingerprint density at radius 1 is 1.23 bits per heavy atom. The van der Waals surface area contributed by atoms with Gasteiger partial charge in [0.15, 0.2) is 6.61 Å². The molecule has 0 fully saturated rings. The van der Waals surface area contributed by atoms with Gasteiger partial charge in [0, 0.05) is 17.5 Å². The summed E-state index contributed by atoms with van der Waals surface area (Å²) < 4.78 is 9.64. The highest BCUT2D eigenvalue weighted by Crippen LogP contribution is 2.27. The van der Waals surface area contributed by atoms with Crippen molar-refractivity contribution in [1.29, 1.82) is 0 Å². The van der Waals surface area contributed by atoms with Crippen LogP contribution in [0.4, 0.5) is 0 Å². The normalized spacial score (nSPS) is 13.8. The van der Waals surface area contributed by atoms with Crippen LogP contribution in [0.15, 0.2) is 16.8 Å². The molecule has 0 saturated carbocycles. The van der Waals surface area contributed by atoms with Gasteiger partial charge in [-0.1, -0.05) is 21.6 Å². The van der Waals surface area contributed by atoms with Gasteiger partial charge >= 0.3 is 11.9 Å². The first-order valence-corrected chi connectivity index (χ1v) is 14.8. The fraction of sp³-hybridized carbons (Fsp3) is 0.650. The van der Waals surface area contributed by atoms with Gasteiger partial charge in [0.25, 0.3) is 0 Å². The summed E-state index contributed by atoms with van der Waals surface area (Å²) in [4.78, 5) is 36.2. The van der Waals surface area contributed by atoms with Crippen LogP contribution in [-0.4, -0.2) is 66.7 Å². The first kappa shape index (κ1) is 28.2. The predicted molar refractivity (Wildman–Crippen MR) is 133 cm³/mol. The van der Waals surface area contributed by atoms with E-state index in [1.54, 1.807) is 58.5 Å². The van der Waals surface area contributed by atoms with Crippen molar-refractivity contribution in [2.24, 2.45) is 11.7 Å². The Morgan fingerprint density at radius 2 is 1.97 bits per heavy atom. The number of thioether (sulfide) groups is 1. The van der Waals surface area contributed by atoms with E-state index in [4.69, 9.17) is 15.2 Å². The van der Waals surface area contributed by atoms with Crippen LogP contribution in [0.5, 0.6) is 0 Å². The molecule has 1 amide bonds. The Kier molecular flexibility index (Phi) is 15.2. The molecule has 1 heterocycles. The Morgan fingerprint density at radius 3 is 2.61 bits per heavy atom. The number of carbonyl (C=O) groups excluding carboxylic acids is 3. The lowest BCUT2D eigenvalue weighted by Gasteiger charge is -2.19. The molecule has 7 nitrogen and oxygen atoms in total. The van der Waals surface area contributed by atoms with Crippen molar-refractivity contribution in [3.63, 3.8) is 0 Å². The molecule has 3 atom stereocenters. The number of amides is 1. The number of rotatable bonds is 16. The van der Waals surface area contributed by atoms with Crippen LogP contribution in [0.3, 0.4) is 0 Å². The summed E-state index contributed by atoms with van der Waals surface area (Å²) in [7, 11) is 3.30. The number of nitrogens with one attached hydrogen (secondary N) is 1. The van der Waals surface area contributed by atoms with Crippen molar-refractivity contribution in [1.82, 2.24) is 5.32 Å². The van der Waals surface area contributed by atoms with Gasteiger partial charge in [0.1, 0.15) is 6.04 Å². The van der Waals surface area contributed by atoms with E-state index in [1.807, 2.05) is 16.8 Å². The van der Waals surface area contributed by atoms with Gasteiger partial charge in [-0.15, -0.1) is 0 Å². The molecule has 0 aliphatic rings. The number of ether oxygens (including phenoxy) is 2. The van der Waals surface area contributed by atoms with Crippen LogP contribution in [-0.2, 0) is 30.3 Å². The molecule has 0 spiro atoms. The largest absolute Gasteiger partial charge is 0.463 e. The number of esters is 2.